The largest absolute Gasteiger partial charge is 0.370 e. The Labute approximate surface area is 176 Å². The van der Waals surface area contributed by atoms with E-state index in [-0.39, 0.29) is 12.1 Å². The van der Waals surface area contributed by atoms with Gasteiger partial charge in [-0.05, 0) is 30.7 Å². The molecule has 30 heavy (non-hydrogen) atoms. The second kappa shape index (κ2) is 6.89. The highest BCUT2D eigenvalue weighted by atomic mass is 32.1. The lowest BCUT2D eigenvalue weighted by Crippen LogP contribution is -2.46. The van der Waals surface area contributed by atoms with Crippen LogP contribution in [-0.4, -0.2) is 49.3 Å². The van der Waals surface area contributed by atoms with Crippen LogP contribution in [0.4, 0.5) is 5.82 Å². The van der Waals surface area contributed by atoms with E-state index in [2.05, 4.69) is 59.5 Å². The average molecular weight is 417 g/mol. The minimum atomic E-state index is -0.0721. The summed E-state index contributed by atoms with van der Waals surface area (Å²) in [6.45, 7) is 3.61. The number of aromatic nitrogens is 6. The molecule has 0 aliphatic carbocycles. The fourth-order valence-electron chi connectivity index (χ4n) is 4.30. The summed E-state index contributed by atoms with van der Waals surface area (Å²) in [5, 5.41) is 10.3. The van der Waals surface area contributed by atoms with Gasteiger partial charge in [-0.15, -0.1) is 11.3 Å². The van der Waals surface area contributed by atoms with Gasteiger partial charge in [-0.1, -0.05) is 0 Å². The summed E-state index contributed by atoms with van der Waals surface area (Å²) in [6, 6.07) is 6.18. The van der Waals surface area contributed by atoms with E-state index < -0.39 is 0 Å². The van der Waals surface area contributed by atoms with Crippen LogP contribution >= 0.6 is 11.3 Å². The fourth-order valence-corrected chi connectivity index (χ4v) is 5.33. The second-order valence-corrected chi connectivity index (χ2v) is 8.24. The lowest BCUT2D eigenvalue weighted by molar-refractivity contribution is 0.0153. The van der Waals surface area contributed by atoms with Crippen LogP contribution in [0.15, 0.2) is 48.5 Å². The first-order chi connectivity index (χ1) is 14.8. The predicted octanol–water partition coefficient (Wildman–Crippen LogP) is 3.92. The maximum atomic E-state index is 6.25. The third kappa shape index (κ3) is 2.62. The zero-order chi connectivity index (χ0) is 20.1. The molecular weight excluding hydrogens is 398 g/mol. The molecule has 0 spiro atoms. The van der Waals surface area contributed by atoms with Crippen LogP contribution in [0.3, 0.4) is 0 Å². The van der Waals surface area contributed by atoms with Gasteiger partial charge in [0.05, 0.1) is 28.6 Å². The molecule has 150 valence electrons. The molecule has 1 saturated heterocycles. The Morgan fingerprint density at radius 3 is 3.03 bits per heavy atom. The summed E-state index contributed by atoms with van der Waals surface area (Å²) in [7, 11) is 0. The summed E-state index contributed by atoms with van der Waals surface area (Å²) >= 11 is 1.67. The van der Waals surface area contributed by atoms with Gasteiger partial charge in [0.25, 0.3) is 0 Å². The Bertz CT molecular complexity index is 1330. The van der Waals surface area contributed by atoms with Crippen LogP contribution < -0.4 is 4.90 Å². The number of pyridine rings is 1. The minimum Gasteiger partial charge on any atom is -0.370 e. The quantitative estimate of drug-likeness (QED) is 0.462. The summed E-state index contributed by atoms with van der Waals surface area (Å²) in [5.74, 6) is 0.955. The van der Waals surface area contributed by atoms with Crippen molar-refractivity contribution >= 4 is 38.4 Å². The van der Waals surface area contributed by atoms with E-state index in [9.17, 15) is 0 Å². The van der Waals surface area contributed by atoms with E-state index in [1.165, 1.54) is 0 Å². The van der Waals surface area contributed by atoms with Crippen molar-refractivity contribution in [3.63, 3.8) is 0 Å². The highest BCUT2D eigenvalue weighted by Crippen LogP contribution is 2.40. The van der Waals surface area contributed by atoms with Gasteiger partial charge in [0.2, 0.25) is 0 Å². The number of nitrogens with zero attached hydrogens (tertiary/aromatic N) is 5. The van der Waals surface area contributed by atoms with E-state index in [1.807, 2.05) is 18.5 Å². The van der Waals surface area contributed by atoms with Crippen molar-refractivity contribution in [2.24, 2.45) is 0 Å². The first kappa shape index (κ1) is 17.5. The highest BCUT2D eigenvalue weighted by Gasteiger charge is 2.33. The molecule has 6 heterocycles. The molecule has 0 bridgehead atoms. The van der Waals surface area contributed by atoms with E-state index in [4.69, 9.17) is 4.74 Å². The Kier molecular flexibility index (Phi) is 4.03. The maximum absolute atomic E-state index is 6.25. The third-order valence-corrected chi connectivity index (χ3v) is 6.72. The molecule has 1 fully saturated rings. The molecule has 8 nitrogen and oxygen atoms in total. The maximum Gasteiger partial charge on any atom is 0.150 e. The Morgan fingerprint density at radius 2 is 2.13 bits per heavy atom. The zero-order valence-electron chi connectivity index (χ0n) is 16.2. The van der Waals surface area contributed by atoms with Crippen molar-refractivity contribution in [2.45, 2.75) is 19.1 Å². The van der Waals surface area contributed by atoms with Gasteiger partial charge < -0.3 is 14.6 Å². The first-order valence-corrected chi connectivity index (χ1v) is 10.7. The molecule has 1 aliphatic rings. The van der Waals surface area contributed by atoms with Gasteiger partial charge in [0, 0.05) is 41.5 Å². The minimum absolute atomic E-state index is 0.0721. The lowest BCUT2D eigenvalue weighted by Gasteiger charge is -2.40. The van der Waals surface area contributed by atoms with Crippen LogP contribution in [0.5, 0.6) is 0 Å². The van der Waals surface area contributed by atoms with Crippen molar-refractivity contribution in [3.05, 3.63) is 54.1 Å². The van der Waals surface area contributed by atoms with Gasteiger partial charge in [-0.25, -0.2) is 15.0 Å². The number of hydrogen-bond acceptors (Lipinski definition) is 7. The van der Waals surface area contributed by atoms with E-state index >= 15 is 0 Å². The second-order valence-electron chi connectivity index (χ2n) is 7.36. The molecule has 2 N–H and O–H groups in total. The zero-order valence-corrected chi connectivity index (χ0v) is 17.1. The molecule has 5 aromatic rings. The van der Waals surface area contributed by atoms with Crippen molar-refractivity contribution in [3.8, 4) is 11.3 Å². The van der Waals surface area contributed by atoms with Crippen LogP contribution in [0.25, 0.3) is 32.5 Å². The first-order valence-electron chi connectivity index (χ1n) is 9.83. The van der Waals surface area contributed by atoms with Crippen molar-refractivity contribution in [1.29, 1.82) is 0 Å². The van der Waals surface area contributed by atoms with Crippen molar-refractivity contribution in [1.82, 2.24) is 30.1 Å². The molecule has 0 radical (unpaired) electrons. The molecule has 1 aliphatic heterocycles. The summed E-state index contributed by atoms with van der Waals surface area (Å²) in [5.41, 5.74) is 4.99. The number of aromatic amines is 2. The highest BCUT2D eigenvalue weighted by molar-refractivity contribution is 7.18. The molecule has 0 aromatic carbocycles. The van der Waals surface area contributed by atoms with Crippen molar-refractivity contribution in [2.75, 3.05) is 18.1 Å². The van der Waals surface area contributed by atoms with E-state index in [0.717, 1.165) is 50.4 Å². The van der Waals surface area contributed by atoms with Crippen LogP contribution in [0.2, 0.25) is 0 Å². The van der Waals surface area contributed by atoms with Gasteiger partial charge in [0.1, 0.15) is 23.9 Å². The number of fused-ring (bicyclic) bond motifs is 2. The Balaban J connectivity index is 1.42. The van der Waals surface area contributed by atoms with Crippen LogP contribution in [0, 0.1) is 0 Å². The molecule has 0 amide bonds. The third-order valence-electron chi connectivity index (χ3n) is 5.76. The molecule has 2 unspecified atom stereocenters. The Morgan fingerprint density at radius 1 is 1.17 bits per heavy atom. The van der Waals surface area contributed by atoms with Crippen molar-refractivity contribution < 1.29 is 4.74 Å². The molecule has 6 rings (SSSR count). The van der Waals surface area contributed by atoms with Gasteiger partial charge in [0.15, 0.2) is 0 Å². The van der Waals surface area contributed by atoms with Gasteiger partial charge in [-0.3, -0.25) is 5.10 Å². The average Bonchev–Trinajstić information content (AvgIpc) is 3.53. The van der Waals surface area contributed by atoms with E-state index in [1.54, 1.807) is 23.9 Å². The molecule has 5 aromatic heterocycles. The van der Waals surface area contributed by atoms with Crippen LogP contribution in [0.1, 0.15) is 18.6 Å². The number of rotatable bonds is 3. The molecule has 9 heteroatoms. The number of nitrogens with one attached hydrogen (secondary N) is 2. The Hall–Kier alpha value is -3.30. The normalized spacial score (nSPS) is 19.7. The topological polar surface area (TPSA) is 95.6 Å². The number of ether oxygens (including phenoxy) is 1. The lowest BCUT2D eigenvalue weighted by atomic mass is 9.99. The smallest absolute Gasteiger partial charge is 0.150 e. The molecule has 0 saturated carbocycles. The summed E-state index contributed by atoms with van der Waals surface area (Å²) < 4.78 is 7.32. The number of hydrogen-bond donors (Lipinski definition) is 2. The fraction of sp³-hybridized carbons (Fsp3) is 0.238. The standard InChI is InChI=1S/C21H19N7OS/c1-12-18(13-2-5-22-20-14(13)3-6-23-20)29-9-8-28(12)21-19-17(24-11-25-21)15(10-30-19)16-4-7-26-27-16/h2-7,10-12,18H,8-9H2,1H3,(H,22,23)(H,26,27). The van der Waals surface area contributed by atoms with Gasteiger partial charge in [-0.2, -0.15) is 5.10 Å². The number of anilines is 1. The number of thiophene rings is 1. The molecular formula is C21H19N7OS. The molecule has 2 atom stereocenters. The van der Waals surface area contributed by atoms with Crippen LogP contribution in [-0.2, 0) is 4.74 Å². The summed E-state index contributed by atoms with van der Waals surface area (Å²) in [6.07, 6.45) is 7.09. The predicted molar refractivity (Wildman–Crippen MR) is 117 cm³/mol. The monoisotopic (exact) mass is 417 g/mol. The number of morpholine rings is 1. The summed E-state index contributed by atoms with van der Waals surface area (Å²) in [4.78, 5) is 19.2. The SMILES string of the molecule is CC1C(c2ccnc3[nH]ccc23)OCCN1c1ncnc2c(-c3ccn[nH]3)csc12. The van der Waals surface area contributed by atoms with Gasteiger partial charge >= 0.3 is 0 Å². The number of H-pyrrole nitrogens is 2. The van der Waals surface area contributed by atoms with E-state index in [0.29, 0.717) is 6.61 Å².